The second kappa shape index (κ2) is 29.1. The van der Waals surface area contributed by atoms with E-state index in [0.29, 0.717) is 24.5 Å². The Morgan fingerprint density at radius 1 is 0.706 bits per heavy atom. The number of ether oxygens (including phenoxy) is 2. The van der Waals surface area contributed by atoms with Crippen molar-refractivity contribution in [3.8, 4) is 17.5 Å². The first kappa shape index (κ1) is 53.0. The van der Waals surface area contributed by atoms with Gasteiger partial charge in [0, 0.05) is 18.7 Å². The van der Waals surface area contributed by atoms with E-state index in [0.717, 1.165) is 55.1 Å². The van der Waals surface area contributed by atoms with Gasteiger partial charge >= 0.3 is 5.69 Å². The number of imidazole rings is 1. The van der Waals surface area contributed by atoms with Gasteiger partial charge in [-0.05, 0) is 43.5 Å². The highest BCUT2D eigenvalue weighted by molar-refractivity contribution is 5.97. The monoisotopic (exact) mass is 937 g/mol. The molecule has 1 amide bonds. The van der Waals surface area contributed by atoms with Crippen molar-refractivity contribution in [2.75, 3.05) is 18.5 Å². The first-order valence-corrected chi connectivity index (χ1v) is 25.6. The Morgan fingerprint density at radius 3 is 1.85 bits per heavy atom. The van der Waals surface area contributed by atoms with Crippen LogP contribution in [0.3, 0.4) is 0 Å². The highest BCUT2D eigenvalue weighted by atomic mass is 16.6. The minimum atomic E-state index is -1.71. The van der Waals surface area contributed by atoms with Gasteiger partial charge in [0.1, 0.15) is 11.6 Å². The van der Waals surface area contributed by atoms with Crippen molar-refractivity contribution in [3.63, 3.8) is 0 Å². The normalized spacial score (nSPS) is 11.8. The number of nitrogens with zero attached hydrogens (tertiary/aromatic N) is 5. The van der Waals surface area contributed by atoms with Crippen LogP contribution in [0.2, 0.25) is 0 Å². The molecular formula is C54H76N6O8. The predicted octanol–water partition coefficient (Wildman–Crippen LogP) is 12.6. The Morgan fingerprint density at radius 2 is 1.26 bits per heavy atom. The molecular weight excluding hydrogens is 861 g/mol. The number of carbonyl (C=O) groups is 1. The predicted molar refractivity (Wildman–Crippen MR) is 271 cm³/mol. The highest BCUT2D eigenvalue weighted by Gasteiger charge is 2.36. The summed E-state index contributed by atoms with van der Waals surface area (Å²) in [5.74, 6) is -1.22. The van der Waals surface area contributed by atoms with E-state index in [1.165, 1.54) is 117 Å². The number of unbranched alkanes of at least 4 members (excludes halogenated alkanes) is 20. The summed E-state index contributed by atoms with van der Waals surface area (Å²) in [6.07, 6.45) is 25.1. The lowest BCUT2D eigenvalue weighted by Crippen LogP contribution is -2.39. The SMILES string of the molecule is CCCCCCCCCCCCCCOc1ccccc1NC(=O)C(c1nc2ccc([N+](=O)[O-])cc2c(=O)n1CCCCCCCCCCCC)n1c(O)c(OCC)n(Cc2ccccc2)c1=O. The number of carbonyl (C=O) groups excluding carboxylic acids is 1. The van der Waals surface area contributed by atoms with Crippen LogP contribution in [0.1, 0.15) is 179 Å². The van der Waals surface area contributed by atoms with Crippen LogP contribution in [-0.2, 0) is 17.9 Å². The number of hydrogen-bond donors (Lipinski definition) is 2. The van der Waals surface area contributed by atoms with Crippen molar-refractivity contribution in [1.82, 2.24) is 18.7 Å². The average molecular weight is 937 g/mol. The second-order valence-corrected chi connectivity index (χ2v) is 18.0. The summed E-state index contributed by atoms with van der Waals surface area (Å²) >= 11 is 0. The van der Waals surface area contributed by atoms with Gasteiger partial charge in [0.05, 0.1) is 41.3 Å². The first-order chi connectivity index (χ1) is 33.2. The van der Waals surface area contributed by atoms with Crippen LogP contribution < -0.4 is 26.0 Å². The van der Waals surface area contributed by atoms with Crippen molar-refractivity contribution in [3.05, 3.63) is 115 Å². The molecule has 0 aliphatic carbocycles. The molecule has 2 heterocycles. The molecule has 0 bridgehead atoms. The maximum atomic E-state index is 15.1. The van der Waals surface area contributed by atoms with E-state index in [1.54, 1.807) is 25.1 Å². The minimum absolute atomic E-state index is 0.000963. The molecule has 2 aromatic heterocycles. The molecule has 0 aliphatic rings. The summed E-state index contributed by atoms with van der Waals surface area (Å²) in [5.41, 5.74) is -0.471. The molecule has 3 aromatic carbocycles. The maximum Gasteiger partial charge on any atom is 0.335 e. The molecule has 5 aromatic rings. The Hall–Kier alpha value is -5.92. The van der Waals surface area contributed by atoms with Crippen LogP contribution in [0, 0.1) is 10.1 Å². The smallest absolute Gasteiger partial charge is 0.335 e. The van der Waals surface area contributed by atoms with Crippen LogP contribution in [0.4, 0.5) is 11.4 Å². The second-order valence-electron chi connectivity index (χ2n) is 18.0. The molecule has 0 saturated heterocycles. The number of fused-ring (bicyclic) bond motifs is 1. The number of anilines is 1. The lowest BCUT2D eigenvalue weighted by Gasteiger charge is -2.23. The average Bonchev–Trinajstić information content (AvgIpc) is 3.56. The van der Waals surface area contributed by atoms with Crippen LogP contribution >= 0.6 is 0 Å². The molecule has 0 fully saturated rings. The highest BCUT2D eigenvalue weighted by Crippen LogP contribution is 2.34. The third kappa shape index (κ3) is 15.6. The van der Waals surface area contributed by atoms with Gasteiger partial charge in [-0.3, -0.25) is 28.8 Å². The number of aromatic nitrogens is 4. The van der Waals surface area contributed by atoms with E-state index in [4.69, 9.17) is 14.5 Å². The summed E-state index contributed by atoms with van der Waals surface area (Å²) < 4.78 is 15.7. The molecule has 370 valence electrons. The molecule has 14 heteroatoms. The standard InChI is InChI=1S/C54H76N6O8/c1-4-7-9-11-13-15-17-18-20-22-24-31-39-68-47-35-29-28-34-46(47)56-50(61)48(59-52(63)53(67-6-3)58(54(59)64)41-42-32-26-25-27-33-42)49-55-45-37-36-43(60(65)66)40-44(45)51(62)57(49)38-30-23-21-19-16-14-12-10-8-5-2/h25-29,32-37,40,48,63H,4-24,30-31,38-39,41H2,1-3H3,(H,56,61). The molecule has 1 unspecified atom stereocenters. The van der Waals surface area contributed by atoms with E-state index < -0.39 is 34.0 Å². The van der Waals surface area contributed by atoms with E-state index in [2.05, 4.69) is 19.2 Å². The number of para-hydroxylation sites is 2. The van der Waals surface area contributed by atoms with Gasteiger partial charge in [0.25, 0.3) is 28.9 Å². The number of non-ortho nitro benzene ring substituents is 1. The Bertz CT molecular complexity index is 2430. The molecule has 1 atom stereocenters. The number of nitro groups is 1. The van der Waals surface area contributed by atoms with Crippen molar-refractivity contribution in [2.45, 2.75) is 181 Å². The Labute approximate surface area is 402 Å². The van der Waals surface area contributed by atoms with Crippen LogP contribution in [0.25, 0.3) is 10.9 Å². The summed E-state index contributed by atoms with van der Waals surface area (Å²) in [6.45, 7) is 6.83. The Balaban J connectivity index is 1.46. The number of nitro benzene ring substituents is 1. The van der Waals surface area contributed by atoms with Gasteiger partial charge in [-0.1, -0.05) is 185 Å². The first-order valence-electron chi connectivity index (χ1n) is 25.6. The van der Waals surface area contributed by atoms with Gasteiger partial charge < -0.3 is 19.9 Å². The van der Waals surface area contributed by atoms with Gasteiger partial charge in [-0.15, -0.1) is 0 Å². The fraction of sp³-hybridized carbons (Fsp3) is 0.556. The number of rotatable bonds is 34. The lowest BCUT2D eigenvalue weighted by molar-refractivity contribution is -0.384. The number of hydrogen-bond acceptors (Lipinski definition) is 9. The van der Waals surface area contributed by atoms with E-state index in [-0.39, 0.29) is 48.0 Å². The zero-order chi connectivity index (χ0) is 48.5. The fourth-order valence-corrected chi connectivity index (χ4v) is 8.84. The number of amides is 1. The quantitative estimate of drug-likeness (QED) is 0.0231. The molecule has 14 nitrogen and oxygen atoms in total. The fourth-order valence-electron chi connectivity index (χ4n) is 8.84. The number of nitrogens with one attached hydrogen (secondary N) is 1. The molecule has 2 N–H and O–H groups in total. The zero-order valence-corrected chi connectivity index (χ0v) is 40.9. The van der Waals surface area contributed by atoms with Gasteiger partial charge in [-0.25, -0.2) is 14.3 Å². The zero-order valence-electron chi connectivity index (χ0n) is 40.9. The molecule has 0 radical (unpaired) electrons. The molecule has 5 rings (SSSR count). The van der Waals surface area contributed by atoms with Gasteiger partial charge in [0.15, 0.2) is 6.04 Å². The van der Waals surface area contributed by atoms with Crippen LogP contribution in [-0.4, -0.2) is 47.8 Å². The molecule has 0 aliphatic heterocycles. The summed E-state index contributed by atoms with van der Waals surface area (Å²) in [4.78, 5) is 60.7. The van der Waals surface area contributed by atoms with Gasteiger partial charge in [-0.2, -0.15) is 0 Å². The third-order valence-corrected chi connectivity index (χ3v) is 12.6. The van der Waals surface area contributed by atoms with Crippen molar-refractivity contribution >= 4 is 28.2 Å². The Kier molecular flexibility index (Phi) is 22.7. The maximum absolute atomic E-state index is 15.1. The topological polar surface area (TPSA) is 173 Å². The van der Waals surface area contributed by atoms with E-state index in [9.17, 15) is 24.8 Å². The molecule has 0 spiro atoms. The largest absolute Gasteiger partial charge is 0.491 e. The minimum Gasteiger partial charge on any atom is -0.491 e. The van der Waals surface area contributed by atoms with Crippen molar-refractivity contribution < 1.29 is 24.3 Å². The van der Waals surface area contributed by atoms with Crippen molar-refractivity contribution in [1.29, 1.82) is 0 Å². The van der Waals surface area contributed by atoms with Crippen molar-refractivity contribution in [2.24, 2.45) is 0 Å². The summed E-state index contributed by atoms with van der Waals surface area (Å²) in [7, 11) is 0. The summed E-state index contributed by atoms with van der Waals surface area (Å²) in [5, 5.41) is 26.9. The van der Waals surface area contributed by atoms with Crippen LogP contribution in [0.15, 0.2) is 82.4 Å². The van der Waals surface area contributed by atoms with E-state index in [1.807, 2.05) is 36.4 Å². The lowest BCUT2D eigenvalue weighted by atomic mass is 10.1. The van der Waals surface area contributed by atoms with Crippen LogP contribution in [0.5, 0.6) is 17.5 Å². The molecule has 68 heavy (non-hydrogen) atoms. The van der Waals surface area contributed by atoms with E-state index >= 15 is 4.79 Å². The summed E-state index contributed by atoms with van der Waals surface area (Å²) in [6, 6.07) is 18.3. The number of aromatic hydroxyl groups is 1. The number of benzene rings is 3. The van der Waals surface area contributed by atoms with Gasteiger partial charge in [0.2, 0.25) is 0 Å². The molecule has 0 saturated carbocycles. The third-order valence-electron chi connectivity index (χ3n) is 12.6.